The van der Waals surface area contributed by atoms with Crippen molar-refractivity contribution in [2.24, 2.45) is 0 Å². The first-order valence-corrected chi connectivity index (χ1v) is 9.48. The Labute approximate surface area is 155 Å². The van der Waals surface area contributed by atoms with Gasteiger partial charge in [0, 0.05) is 19.6 Å². The average molecular weight is 359 g/mol. The highest BCUT2D eigenvalue weighted by atomic mass is 16.5. The van der Waals surface area contributed by atoms with Crippen LogP contribution in [0, 0.1) is 0 Å². The van der Waals surface area contributed by atoms with Crippen LogP contribution in [0.2, 0.25) is 0 Å². The monoisotopic (exact) mass is 359 g/mol. The lowest BCUT2D eigenvalue weighted by Crippen LogP contribution is -2.56. The van der Waals surface area contributed by atoms with Gasteiger partial charge in [-0.1, -0.05) is 25.0 Å². The third kappa shape index (κ3) is 4.36. The third-order valence-electron chi connectivity index (χ3n) is 5.44. The van der Waals surface area contributed by atoms with Crippen LogP contribution < -0.4 is 4.74 Å². The Bertz CT molecular complexity index is 649. The van der Waals surface area contributed by atoms with E-state index in [1.165, 1.54) is 6.42 Å². The summed E-state index contributed by atoms with van der Waals surface area (Å²) in [4.78, 5) is 31.2. The number of carbonyl (C=O) groups is 2. The molecule has 0 bridgehead atoms. The highest BCUT2D eigenvalue weighted by molar-refractivity contribution is 5.88. The predicted molar refractivity (Wildman–Crippen MR) is 99.9 cm³/mol. The number of nitrogens with zero attached hydrogens (tertiary/aromatic N) is 3. The topological polar surface area (TPSA) is 53.1 Å². The van der Waals surface area contributed by atoms with Gasteiger partial charge in [0.25, 0.3) is 0 Å². The first-order valence-electron chi connectivity index (χ1n) is 9.48. The van der Waals surface area contributed by atoms with Crippen molar-refractivity contribution < 1.29 is 14.3 Å². The molecule has 2 heterocycles. The average Bonchev–Trinajstić information content (AvgIpc) is 2.87. The van der Waals surface area contributed by atoms with Crippen LogP contribution in [0.4, 0.5) is 0 Å². The second kappa shape index (κ2) is 8.54. The van der Waals surface area contributed by atoms with E-state index in [9.17, 15) is 9.59 Å². The van der Waals surface area contributed by atoms with Gasteiger partial charge >= 0.3 is 0 Å². The Kier molecular flexibility index (Phi) is 6.14. The number of likely N-dealkylation sites (tertiary alicyclic amines) is 1. The molecule has 1 unspecified atom stereocenters. The Morgan fingerprint density at radius 3 is 2.81 bits per heavy atom. The van der Waals surface area contributed by atoms with Gasteiger partial charge in [0.1, 0.15) is 5.75 Å². The number of hydrogen-bond donors (Lipinski definition) is 0. The fraction of sp³-hybridized carbons (Fsp3) is 0.600. The molecule has 2 amide bonds. The fourth-order valence-electron chi connectivity index (χ4n) is 3.83. The lowest BCUT2D eigenvalue weighted by atomic mass is 10.1. The number of likely N-dealkylation sites (N-methyl/N-ethyl adjacent to an activating group) is 1. The lowest BCUT2D eigenvalue weighted by Gasteiger charge is -2.37. The van der Waals surface area contributed by atoms with E-state index in [0.717, 1.165) is 37.1 Å². The van der Waals surface area contributed by atoms with Crippen LogP contribution in [0.3, 0.4) is 0 Å². The Morgan fingerprint density at radius 2 is 2.04 bits per heavy atom. The third-order valence-corrected chi connectivity index (χ3v) is 5.44. The number of methoxy groups -OCH3 is 1. The second-order valence-electron chi connectivity index (χ2n) is 7.27. The molecule has 0 N–H and O–H groups in total. The lowest BCUT2D eigenvalue weighted by molar-refractivity contribution is -0.148. The first kappa shape index (κ1) is 18.7. The molecule has 2 aliphatic rings. The minimum absolute atomic E-state index is 0.0173. The fourth-order valence-corrected chi connectivity index (χ4v) is 3.83. The molecule has 3 rings (SSSR count). The van der Waals surface area contributed by atoms with Gasteiger partial charge in [0.15, 0.2) is 0 Å². The largest absolute Gasteiger partial charge is 0.497 e. The van der Waals surface area contributed by atoms with Crippen molar-refractivity contribution in [1.29, 1.82) is 0 Å². The molecule has 2 aliphatic heterocycles. The van der Waals surface area contributed by atoms with E-state index in [1.807, 2.05) is 36.2 Å². The maximum Gasteiger partial charge on any atom is 0.242 e. The Balaban J connectivity index is 1.59. The van der Waals surface area contributed by atoms with Crippen molar-refractivity contribution in [3.05, 3.63) is 29.8 Å². The number of amides is 2. The first-order chi connectivity index (χ1) is 12.6. The van der Waals surface area contributed by atoms with Crippen LogP contribution in [-0.4, -0.2) is 72.9 Å². The van der Waals surface area contributed by atoms with Crippen molar-refractivity contribution in [3.63, 3.8) is 0 Å². The summed E-state index contributed by atoms with van der Waals surface area (Å²) >= 11 is 0. The molecule has 2 fully saturated rings. The molecule has 1 aromatic rings. The smallest absolute Gasteiger partial charge is 0.242 e. The van der Waals surface area contributed by atoms with Gasteiger partial charge in [-0.3, -0.25) is 14.5 Å². The van der Waals surface area contributed by atoms with Gasteiger partial charge in [0.05, 0.1) is 19.7 Å². The summed E-state index contributed by atoms with van der Waals surface area (Å²) in [5, 5.41) is 0. The zero-order valence-corrected chi connectivity index (χ0v) is 15.8. The van der Waals surface area contributed by atoms with Gasteiger partial charge in [0.2, 0.25) is 11.8 Å². The molecule has 0 saturated carbocycles. The summed E-state index contributed by atoms with van der Waals surface area (Å²) in [5.74, 6) is 0.924. The summed E-state index contributed by atoms with van der Waals surface area (Å²) in [6.07, 6.45) is 4.31. The van der Waals surface area contributed by atoms with E-state index in [4.69, 9.17) is 4.74 Å². The SMILES string of the molecule is COc1cccc(CN2CCN(C(=O)C3CCCCCN3C)CC2=O)c1. The Morgan fingerprint density at radius 1 is 1.19 bits per heavy atom. The summed E-state index contributed by atoms with van der Waals surface area (Å²) in [6, 6.07) is 7.69. The van der Waals surface area contributed by atoms with Crippen molar-refractivity contribution in [3.8, 4) is 5.75 Å². The maximum absolute atomic E-state index is 12.9. The van der Waals surface area contributed by atoms with Crippen molar-refractivity contribution >= 4 is 11.8 Å². The van der Waals surface area contributed by atoms with E-state index in [-0.39, 0.29) is 24.4 Å². The highest BCUT2D eigenvalue weighted by Gasteiger charge is 2.33. The van der Waals surface area contributed by atoms with Crippen molar-refractivity contribution in [2.75, 3.05) is 40.3 Å². The molecule has 1 atom stereocenters. The van der Waals surface area contributed by atoms with Gasteiger partial charge in [-0.15, -0.1) is 0 Å². The molecular weight excluding hydrogens is 330 g/mol. The van der Waals surface area contributed by atoms with Crippen LogP contribution in [0.15, 0.2) is 24.3 Å². The molecule has 26 heavy (non-hydrogen) atoms. The van der Waals surface area contributed by atoms with Gasteiger partial charge in [-0.25, -0.2) is 0 Å². The van der Waals surface area contributed by atoms with Gasteiger partial charge in [-0.2, -0.15) is 0 Å². The Hall–Kier alpha value is -2.08. The number of ether oxygens (including phenoxy) is 1. The summed E-state index contributed by atoms with van der Waals surface area (Å²) in [6.45, 7) is 2.89. The zero-order valence-electron chi connectivity index (χ0n) is 15.8. The molecular formula is C20H29N3O3. The normalized spacial score (nSPS) is 22.2. The van der Waals surface area contributed by atoms with Crippen LogP contribution in [0.1, 0.15) is 31.2 Å². The summed E-state index contributed by atoms with van der Waals surface area (Å²) in [7, 11) is 3.66. The van der Waals surface area contributed by atoms with Gasteiger partial charge in [-0.05, 0) is 44.1 Å². The predicted octanol–water partition coefficient (Wildman–Crippen LogP) is 1.74. The van der Waals surface area contributed by atoms with Crippen molar-refractivity contribution in [2.45, 2.75) is 38.3 Å². The quantitative estimate of drug-likeness (QED) is 0.822. The number of hydrogen-bond acceptors (Lipinski definition) is 4. The van der Waals surface area contributed by atoms with E-state index in [2.05, 4.69) is 4.90 Å². The van der Waals surface area contributed by atoms with E-state index >= 15 is 0 Å². The van der Waals surface area contributed by atoms with Crippen LogP contribution in [0.25, 0.3) is 0 Å². The zero-order chi connectivity index (χ0) is 18.5. The molecule has 6 nitrogen and oxygen atoms in total. The highest BCUT2D eigenvalue weighted by Crippen LogP contribution is 2.19. The maximum atomic E-state index is 12.9. The number of benzene rings is 1. The van der Waals surface area contributed by atoms with Crippen LogP contribution >= 0.6 is 0 Å². The molecule has 0 aliphatic carbocycles. The minimum Gasteiger partial charge on any atom is -0.497 e. The summed E-state index contributed by atoms with van der Waals surface area (Å²) in [5.41, 5.74) is 1.04. The van der Waals surface area contributed by atoms with Crippen molar-refractivity contribution in [1.82, 2.24) is 14.7 Å². The van der Waals surface area contributed by atoms with Crippen LogP contribution in [-0.2, 0) is 16.1 Å². The number of carbonyl (C=O) groups excluding carboxylic acids is 2. The molecule has 2 saturated heterocycles. The van der Waals surface area contributed by atoms with E-state index < -0.39 is 0 Å². The number of piperazine rings is 1. The molecule has 1 aromatic carbocycles. The van der Waals surface area contributed by atoms with E-state index in [0.29, 0.717) is 19.6 Å². The van der Waals surface area contributed by atoms with Crippen LogP contribution in [0.5, 0.6) is 5.75 Å². The standard InChI is InChI=1S/C20H29N3O3/c1-21-10-5-3-4-9-18(21)20(25)23-12-11-22(19(24)15-23)14-16-7-6-8-17(13-16)26-2/h6-8,13,18H,3-5,9-12,14-15H2,1-2H3. The molecule has 0 spiro atoms. The van der Waals surface area contributed by atoms with E-state index in [1.54, 1.807) is 12.0 Å². The minimum atomic E-state index is -0.0739. The molecule has 0 aromatic heterocycles. The molecule has 0 radical (unpaired) electrons. The van der Waals surface area contributed by atoms with Gasteiger partial charge < -0.3 is 14.5 Å². The second-order valence-corrected chi connectivity index (χ2v) is 7.27. The molecule has 6 heteroatoms. The number of rotatable bonds is 4. The summed E-state index contributed by atoms with van der Waals surface area (Å²) < 4.78 is 5.25. The molecule has 142 valence electrons.